The molecule has 0 fully saturated rings. The van der Waals surface area contributed by atoms with E-state index >= 15 is 0 Å². The Morgan fingerprint density at radius 3 is 2.42 bits per heavy atom. The van der Waals surface area contributed by atoms with Crippen LogP contribution < -0.4 is 10.1 Å². The Balaban J connectivity index is 1.55. The number of aryl methyl sites for hydroxylation is 1. The van der Waals surface area contributed by atoms with Gasteiger partial charge in [0.15, 0.2) is 0 Å². The molecule has 0 aliphatic rings. The van der Waals surface area contributed by atoms with Crippen molar-refractivity contribution in [1.29, 1.82) is 0 Å². The van der Waals surface area contributed by atoms with Crippen molar-refractivity contribution < 1.29 is 9.53 Å². The minimum atomic E-state index is -0.0287. The zero-order valence-corrected chi connectivity index (χ0v) is 15.8. The molecule has 0 spiro atoms. The molecule has 0 saturated heterocycles. The van der Waals surface area contributed by atoms with Crippen molar-refractivity contribution in [2.45, 2.75) is 26.3 Å². The van der Waals surface area contributed by atoms with Gasteiger partial charge in [-0.1, -0.05) is 43.3 Å². The van der Waals surface area contributed by atoms with Gasteiger partial charge in [-0.15, -0.1) is 11.3 Å². The van der Waals surface area contributed by atoms with Gasteiger partial charge in [0.05, 0.1) is 19.2 Å². The van der Waals surface area contributed by atoms with Gasteiger partial charge in [0, 0.05) is 17.5 Å². The molecule has 1 heterocycles. The Morgan fingerprint density at radius 2 is 1.77 bits per heavy atom. The summed E-state index contributed by atoms with van der Waals surface area (Å²) in [6.07, 6.45) is 1.32. The molecule has 1 aromatic heterocycles. The fraction of sp³-hybridized carbons (Fsp3) is 0.238. The van der Waals surface area contributed by atoms with Gasteiger partial charge < -0.3 is 10.1 Å². The fourth-order valence-electron chi connectivity index (χ4n) is 2.57. The van der Waals surface area contributed by atoms with Crippen LogP contribution >= 0.6 is 11.3 Å². The summed E-state index contributed by atoms with van der Waals surface area (Å²) in [6, 6.07) is 16.1. The molecule has 0 unspecified atom stereocenters. The summed E-state index contributed by atoms with van der Waals surface area (Å²) in [7, 11) is 1.64. The fourth-order valence-corrected chi connectivity index (χ4v) is 3.40. The summed E-state index contributed by atoms with van der Waals surface area (Å²) < 4.78 is 5.13. The lowest BCUT2D eigenvalue weighted by Crippen LogP contribution is -2.24. The van der Waals surface area contributed by atoms with E-state index in [1.165, 1.54) is 5.56 Å². The van der Waals surface area contributed by atoms with Crippen LogP contribution in [0.25, 0.3) is 10.6 Å². The molecule has 0 bridgehead atoms. The van der Waals surface area contributed by atoms with E-state index in [1.54, 1.807) is 18.4 Å². The highest BCUT2D eigenvalue weighted by Crippen LogP contribution is 2.24. The summed E-state index contributed by atoms with van der Waals surface area (Å²) in [4.78, 5) is 16.8. The molecule has 0 saturated carbocycles. The number of nitrogens with zero attached hydrogens (tertiary/aromatic N) is 1. The van der Waals surface area contributed by atoms with E-state index < -0.39 is 0 Å². The van der Waals surface area contributed by atoms with Crippen molar-refractivity contribution >= 4 is 17.2 Å². The molecular weight excluding hydrogens is 344 g/mol. The normalized spacial score (nSPS) is 10.5. The number of aromatic nitrogens is 1. The van der Waals surface area contributed by atoms with E-state index in [9.17, 15) is 4.79 Å². The second kappa shape index (κ2) is 8.63. The molecule has 1 amide bonds. The maximum absolute atomic E-state index is 12.2. The minimum absolute atomic E-state index is 0.0287. The zero-order chi connectivity index (χ0) is 18.4. The van der Waals surface area contributed by atoms with E-state index in [-0.39, 0.29) is 5.91 Å². The first-order valence-electron chi connectivity index (χ1n) is 8.61. The maximum atomic E-state index is 12.2. The average Bonchev–Trinajstić information content (AvgIpc) is 3.15. The van der Waals surface area contributed by atoms with Crippen molar-refractivity contribution in [3.05, 3.63) is 70.7 Å². The predicted molar refractivity (Wildman–Crippen MR) is 105 cm³/mol. The van der Waals surface area contributed by atoms with Crippen molar-refractivity contribution in [2.75, 3.05) is 7.11 Å². The van der Waals surface area contributed by atoms with Gasteiger partial charge in [0.25, 0.3) is 0 Å². The van der Waals surface area contributed by atoms with E-state index in [4.69, 9.17) is 4.74 Å². The Kier molecular flexibility index (Phi) is 6.02. The number of amides is 1. The Labute approximate surface area is 157 Å². The lowest BCUT2D eigenvalue weighted by Gasteiger charge is -2.05. The first kappa shape index (κ1) is 18.1. The molecule has 5 heteroatoms. The van der Waals surface area contributed by atoms with Gasteiger partial charge in [-0.2, -0.15) is 0 Å². The molecule has 0 atom stereocenters. The number of carbonyl (C=O) groups is 1. The monoisotopic (exact) mass is 366 g/mol. The molecule has 4 nitrogen and oxygen atoms in total. The number of hydrogen-bond donors (Lipinski definition) is 1. The van der Waals surface area contributed by atoms with Gasteiger partial charge in [-0.05, 0) is 29.7 Å². The summed E-state index contributed by atoms with van der Waals surface area (Å²) in [5.41, 5.74) is 4.24. The van der Waals surface area contributed by atoms with Crippen molar-refractivity contribution in [3.63, 3.8) is 0 Å². The summed E-state index contributed by atoms with van der Waals surface area (Å²) in [5, 5.41) is 5.84. The van der Waals surface area contributed by atoms with Crippen LogP contribution in [-0.2, 0) is 24.2 Å². The van der Waals surface area contributed by atoms with E-state index in [0.29, 0.717) is 13.0 Å². The topological polar surface area (TPSA) is 51.2 Å². The van der Waals surface area contributed by atoms with Crippen molar-refractivity contribution in [1.82, 2.24) is 10.3 Å². The number of ether oxygens (including phenoxy) is 1. The number of thiazole rings is 1. The smallest absolute Gasteiger partial charge is 0.226 e. The van der Waals surface area contributed by atoms with Crippen LogP contribution in [0.1, 0.15) is 23.7 Å². The Bertz CT molecular complexity index is 854. The van der Waals surface area contributed by atoms with E-state index in [1.807, 2.05) is 29.6 Å². The lowest BCUT2D eigenvalue weighted by molar-refractivity contribution is -0.120. The molecule has 0 radical (unpaired) electrons. The van der Waals surface area contributed by atoms with Crippen LogP contribution in [0.3, 0.4) is 0 Å². The molecule has 0 aliphatic heterocycles. The number of hydrogen-bond acceptors (Lipinski definition) is 4. The number of rotatable bonds is 7. The lowest BCUT2D eigenvalue weighted by atomic mass is 10.1. The second-order valence-electron chi connectivity index (χ2n) is 6.00. The third-order valence-electron chi connectivity index (χ3n) is 4.15. The van der Waals surface area contributed by atoms with Gasteiger partial charge in [0.2, 0.25) is 5.91 Å². The largest absolute Gasteiger partial charge is 0.497 e. The molecule has 3 aromatic rings. The van der Waals surface area contributed by atoms with Crippen LogP contribution in [0.15, 0.2) is 53.9 Å². The van der Waals surface area contributed by atoms with E-state index in [2.05, 4.69) is 41.5 Å². The molecule has 0 aliphatic carbocycles. The quantitative estimate of drug-likeness (QED) is 0.680. The van der Waals surface area contributed by atoms with Crippen LogP contribution in [0.5, 0.6) is 5.75 Å². The van der Waals surface area contributed by atoms with Gasteiger partial charge in [-0.3, -0.25) is 4.79 Å². The van der Waals surface area contributed by atoms with Gasteiger partial charge >= 0.3 is 0 Å². The predicted octanol–water partition coefficient (Wildman–Crippen LogP) is 4.24. The molecule has 26 heavy (non-hydrogen) atoms. The highest BCUT2D eigenvalue weighted by molar-refractivity contribution is 7.13. The summed E-state index contributed by atoms with van der Waals surface area (Å²) in [5.74, 6) is 0.779. The number of methoxy groups -OCH3 is 1. The highest BCUT2D eigenvalue weighted by atomic mass is 32.1. The number of nitrogens with one attached hydrogen (secondary N) is 1. The van der Waals surface area contributed by atoms with Crippen LogP contribution in [0.2, 0.25) is 0 Å². The minimum Gasteiger partial charge on any atom is -0.497 e. The SMILES string of the molecule is CCc1ccc(-c2nc(CC(=O)NCc3ccc(OC)cc3)cs2)cc1. The molecule has 1 N–H and O–H groups in total. The summed E-state index contributed by atoms with van der Waals surface area (Å²) >= 11 is 1.57. The molecule has 134 valence electrons. The zero-order valence-electron chi connectivity index (χ0n) is 15.0. The standard InChI is InChI=1S/C21H22N2O2S/c1-3-15-4-8-17(9-5-15)21-23-18(14-26-21)12-20(24)22-13-16-6-10-19(25-2)11-7-16/h4-11,14H,3,12-13H2,1-2H3,(H,22,24). The second-order valence-corrected chi connectivity index (χ2v) is 6.85. The van der Waals surface area contributed by atoms with Crippen LogP contribution in [0.4, 0.5) is 0 Å². The molecule has 3 rings (SSSR count). The van der Waals surface area contributed by atoms with E-state index in [0.717, 1.165) is 34.0 Å². The third kappa shape index (κ3) is 4.70. The van der Waals surface area contributed by atoms with Crippen molar-refractivity contribution in [3.8, 4) is 16.3 Å². The Hall–Kier alpha value is -2.66. The van der Waals surface area contributed by atoms with Gasteiger partial charge in [0.1, 0.15) is 10.8 Å². The van der Waals surface area contributed by atoms with Crippen molar-refractivity contribution in [2.24, 2.45) is 0 Å². The molecular formula is C21H22N2O2S. The third-order valence-corrected chi connectivity index (χ3v) is 5.09. The number of carbonyl (C=O) groups excluding carboxylic acids is 1. The maximum Gasteiger partial charge on any atom is 0.226 e. The van der Waals surface area contributed by atoms with Gasteiger partial charge in [-0.25, -0.2) is 4.98 Å². The molecule has 2 aromatic carbocycles. The first-order chi connectivity index (χ1) is 12.7. The first-order valence-corrected chi connectivity index (χ1v) is 9.49. The number of benzene rings is 2. The highest BCUT2D eigenvalue weighted by Gasteiger charge is 2.09. The van der Waals surface area contributed by atoms with Crippen LogP contribution in [-0.4, -0.2) is 18.0 Å². The average molecular weight is 366 g/mol. The Morgan fingerprint density at radius 1 is 1.08 bits per heavy atom. The summed E-state index contributed by atoms with van der Waals surface area (Å²) in [6.45, 7) is 2.64. The van der Waals surface area contributed by atoms with Crippen LogP contribution in [0, 0.1) is 0 Å².